The Bertz CT molecular complexity index is 587. The number of carbonyl (C=O) groups excluding carboxylic acids is 2. The second kappa shape index (κ2) is 8.99. The van der Waals surface area contributed by atoms with Gasteiger partial charge in [0, 0.05) is 17.9 Å². The fourth-order valence-corrected chi connectivity index (χ4v) is 3.08. The molecule has 0 spiro atoms. The van der Waals surface area contributed by atoms with Crippen molar-refractivity contribution in [2.24, 2.45) is 11.8 Å². The highest BCUT2D eigenvalue weighted by Crippen LogP contribution is 2.34. The van der Waals surface area contributed by atoms with Crippen molar-refractivity contribution >= 4 is 11.9 Å². The summed E-state index contributed by atoms with van der Waals surface area (Å²) in [7, 11) is 0. The Labute approximate surface area is 149 Å². The van der Waals surface area contributed by atoms with Gasteiger partial charge >= 0.3 is 11.9 Å². The van der Waals surface area contributed by atoms with Gasteiger partial charge in [0.1, 0.15) is 12.7 Å². The van der Waals surface area contributed by atoms with Crippen LogP contribution in [0.5, 0.6) is 0 Å². The Morgan fingerprint density at radius 1 is 1.44 bits per heavy atom. The van der Waals surface area contributed by atoms with Gasteiger partial charge < -0.3 is 14.6 Å². The van der Waals surface area contributed by atoms with Crippen LogP contribution < -0.4 is 0 Å². The Morgan fingerprint density at radius 2 is 2.20 bits per heavy atom. The molecule has 3 atom stereocenters. The van der Waals surface area contributed by atoms with Crippen molar-refractivity contribution in [3.8, 4) is 0 Å². The lowest BCUT2D eigenvalue weighted by molar-refractivity contribution is -0.147. The van der Waals surface area contributed by atoms with Crippen molar-refractivity contribution < 1.29 is 24.2 Å². The molecule has 1 heterocycles. The van der Waals surface area contributed by atoms with Crippen LogP contribution in [0.25, 0.3) is 0 Å². The van der Waals surface area contributed by atoms with Crippen molar-refractivity contribution in [1.29, 1.82) is 0 Å². The van der Waals surface area contributed by atoms with E-state index in [1.807, 2.05) is 26.0 Å². The third-order valence-electron chi connectivity index (χ3n) is 5.06. The zero-order chi connectivity index (χ0) is 18.4. The summed E-state index contributed by atoms with van der Waals surface area (Å²) < 4.78 is 10.8. The number of ether oxygens (including phenoxy) is 2. The number of aliphatic hydroxyl groups excluding tert-OH is 1. The van der Waals surface area contributed by atoms with E-state index in [1.54, 1.807) is 0 Å². The maximum absolute atomic E-state index is 11.9. The van der Waals surface area contributed by atoms with E-state index < -0.39 is 0 Å². The molecular formula is C20H28O5. The summed E-state index contributed by atoms with van der Waals surface area (Å²) in [6.07, 6.45) is 7.20. The fourth-order valence-electron chi connectivity index (χ4n) is 3.08. The van der Waals surface area contributed by atoms with Gasteiger partial charge in [0.15, 0.2) is 0 Å². The molecule has 1 N–H and O–H groups in total. The van der Waals surface area contributed by atoms with E-state index in [0.29, 0.717) is 18.4 Å². The summed E-state index contributed by atoms with van der Waals surface area (Å²) in [5.74, 6) is -0.745. The van der Waals surface area contributed by atoms with E-state index in [2.05, 4.69) is 6.58 Å². The minimum absolute atomic E-state index is 0.0463. The molecule has 0 radical (unpaired) electrons. The van der Waals surface area contributed by atoms with E-state index in [0.717, 1.165) is 30.4 Å². The van der Waals surface area contributed by atoms with Crippen LogP contribution in [-0.4, -0.2) is 36.4 Å². The Hall–Kier alpha value is -1.88. The Kier molecular flexibility index (Phi) is 7.00. The summed E-state index contributed by atoms with van der Waals surface area (Å²) in [5, 5.41) is 9.54. The van der Waals surface area contributed by atoms with Crippen molar-refractivity contribution in [3.63, 3.8) is 0 Å². The first-order valence-corrected chi connectivity index (χ1v) is 8.99. The monoisotopic (exact) mass is 348 g/mol. The molecule has 5 nitrogen and oxygen atoms in total. The van der Waals surface area contributed by atoms with Gasteiger partial charge in [-0.1, -0.05) is 32.6 Å². The normalized spacial score (nSPS) is 27.5. The van der Waals surface area contributed by atoms with Gasteiger partial charge in [-0.3, -0.25) is 4.79 Å². The fraction of sp³-hybridized carbons (Fsp3) is 0.600. The smallest absolute Gasteiger partial charge is 0.334 e. The van der Waals surface area contributed by atoms with E-state index in [1.165, 1.54) is 0 Å². The van der Waals surface area contributed by atoms with Crippen LogP contribution in [0.4, 0.5) is 0 Å². The molecule has 2 aliphatic rings. The van der Waals surface area contributed by atoms with Crippen LogP contribution in [0.2, 0.25) is 0 Å². The van der Waals surface area contributed by atoms with Gasteiger partial charge in [0.25, 0.3) is 0 Å². The number of allylic oxidation sites excluding steroid dienone is 2. The first kappa shape index (κ1) is 19.4. The number of hydrogen-bond acceptors (Lipinski definition) is 5. The molecule has 0 aromatic heterocycles. The van der Waals surface area contributed by atoms with Crippen LogP contribution in [0.15, 0.2) is 35.5 Å². The number of carbonyl (C=O) groups is 2. The molecule has 0 amide bonds. The largest absolute Gasteiger partial charge is 0.461 e. The summed E-state index contributed by atoms with van der Waals surface area (Å²) in [6, 6.07) is 0. The SMILES string of the molecule is C=C1C(=O)O[C@H]2CC(CO)=CCC/C(COC(=O)C(C)CC)=C/C[C@H]12. The van der Waals surface area contributed by atoms with Gasteiger partial charge in [-0.15, -0.1) is 0 Å². The molecule has 0 saturated carbocycles. The lowest BCUT2D eigenvalue weighted by Gasteiger charge is -2.20. The molecule has 5 heteroatoms. The molecule has 1 saturated heterocycles. The average Bonchev–Trinajstić information content (AvgIpc) is 2.88. The molecule has 0 aromatic rings. The number of aliphatic hydroxyl groups is 1. The summed E-state index contributed by atoms with van der Waals surface area (Å²) in [4.78, 5) is 23.7. The molecule has 25 heavy (non-hydrogen) atoms. The van der Waals surface area contributed by atoms with Crippen LogP contribution >= 0.6 is 0 Å². The lowest BCUT2D eigenvalue weighted by Crippen LogP contribution is -2.19. The summed E-state index contributed by atoms with van der Waals surface area (Å²) in [6.45, 7) is 7.90. The number of esters is 2. The minimum atomic E-state index is -0.357. The zero-order valence-corrected chi connectivity index (χ0v) is 15.1. The quantitative estimate of drug-likeness (QED) is 0.469. The van der Waals surface area contributed by atoms with Crippen molar-refractivity contribution in [2.75, 3.05) is 13.2 Å². The number of rotatable bonds is 5. The van der Waals surface area contributed by atoms with Gasteiger partial charge in [0.05, 0.1) is 12.5 Å². The summed E-state index contributed by atoms with van der Waals surface area (Å²) >= 11 is 0. The van der Waals surface area contributed by atoms with Crippen molar-refractivity contribution in [3.05, 3.63) is 35.5 Å². The zero-order valence-electron chi connectivity index (χ0n) is 15.1. The predicted octanol–water partition coefficient (Wildman–Crippen LogP) is 3.09. The lowest BCUT2D eigenvalue weighted by atomic mass is 9.87. The second-order valence-electron chi connectivity index (χ2n) is 6.85. The minimum Gasteiger partial charge on any atom is -0.461 e. The molecule has 2 rings (SSSR count). The summed E-state index contributed by atoms with van der Waals surface area (Å²) in [5.41, 5.74) is 2.38. The van der Waals surface area contributed by atoms with E-state index in [-0.39, 0.29) is 43.1 Å². The second-order valence-corrected chi connectivity index (χ2v) is 6.85. The maximum Gasteiger partial charge on any atom is 0.334 e. The first-order chi connectivity index (χ1) is 12.0. The van der Waals surface area contributed by atoms with Gasteiger partial charge in [-0.25, -0.2) is 4.79 Å². The van der Waals surface area contributed by atoms with Gasteiger partial charge in [-0.2, -0.15) is 0 Å². The highest BCUT2D eigenvalue weighted by atomic mass is 16.6. The van der Waals surface area contributed by atoms with Crippen LogP contribution in [0.1, 0.15) is 46.0 Å². The third-order valence-corrected chi connectivity index (χ3v) is 5.06. The van der Waals surface area contributed by atoms with Gasteiger partial charge in [-0.05, 0) is 36.8 Å². The van der Waals surface area contributed by atoms with Gasteiger partial charge in [0.2, 0.25) is 0 Å². The molecule has 0 aromatic carbocycles. The van der Waals surface area contributed by atoms with E-state index >= 15 is 0 Å². The molecule has 1 aliphatic heterocycles. The number of hydrogen-bond donors (Lipinski definition) is 1. The number of fused-ring (bicyclic) bond motifs is 1. The van der Waals surface area contributed by atoms with E-state index in [4.69, 9.17) is 9.47 Å². The highest BCUT2D eigenvalue weighted by Gasteiger charge is 2.38. The van der Waals surface area contributed by atoms with Crippen molar-refractivity contribution in [2.45, 2.75) is 52.1 Å². The third kappa shape index (κ3) is 5.05. The molecule has 1 unspecified atom stereocenters. The highest BCUT2D eigenvalue weighted by molar-refractivity contribution is 5.90. The van der Waals surface area contributed by atoms with Crippen LogP contribution in [0, 0.1) is 11.8 Å². The van der Waals surface area contributed by atoms with Crippen molar-refractivity contribution in [1.82, 2.24) is 0 Å². The first-order valence-electron chi connectivity index (χ1n) is 8.99. The average molecular weight is 348 g/mol. The topological polar surface area (TPSA) is 72.8 Å². The van der Waals surface area contributed by atoms with Crippen LogP contribution in [-0.2, 0) is 19.1 Å². The molecule has 1 fully saturated rings. The Morgan fingerprint density at radius 3 is 2.88 bits per heavy atom. The molecule has 138 valence electrons. The molecular weight excluding hydrogens is 320 g/mol. The Balaban J connectivity index is 2.11. The maximum atomic E-state index is 11.9. The standard InChI is InChI=1S/C20H28O5/c1-4-13(2)19(22)24-12-15-6-5-7-16(11-21)10-18-17(9-8-15)14(3)20(23)25-18/h7-8,13,17-18,21H,3-6,9-12H2,1-2H3/b15-8-,16-7?/t13?,17-,18+/m1/s1. The molecule has 0 bridgehead atoms. The predicted molar refractivity (Wildman–Crippen MR) is 94.6 cm³/mol. The van der Waals surface area contributed by atoms with E-state index in [9.17, 15) is 14.7 Å². The molecule has 1 aliphatic carbocycles. The van der Waals surface area contributed by atoms with Crippen LogP contribution in [0.3, 0.4) is 0 Å².